The third kappa shape index (κ3) is 5.31. The van der Waals surface area contributed by atoms with Crippen LogP contribution in [0.15, 0.2) is 35.3 Å². The molecular weight excluding hydrogens is 278 g/mol. The molecule has 5 nitrogen and oxygen atoms in total. The van der Waals surface area contributed by atoms with Crippen LogP contribution in [0.2, 0.25) is 0 Å². The van der Waals surface area contributed by atoms with Crippen molar-refractivity contribution in [3.05, 3.63) is 35.9 Å². The largest absolute Gasteiger partial charge is 0.376 e. The Balaban J connectivity index is 1.89. The lowest BCUT2D eigenvalue weighted by Crippen LogP contribution is -2.41. The molecule has 22 heavy (non-hydrogen) atoms. The number of rotatable bonds is 7. The van der Waals surface area contributed by atoms with Crippen LogP contribution >= 0.6 is 0 Å². The summed E-state index contributed by atoms with van der Waals surface area (Å²) in [5.74, 6) is 0.816. The molecule has 1 aromatic carbocycles. The lowest BCUT2D eigenvalue weighted by Gasteiger charge is -2.17. The van der Waals surface area contributed by atoms with Gasteiger partial charge < -0.3 is 20.1 Å². The Bertz CT molecular complexity index is 444. The van der Waals surface area contributed by atoms with E-state index in [9.17, 15) is 0 Å². The normalized spacial score (nSPS) is 19.9. The van der Waals surface area contributed by atoms with Crippen LogP contribution in [0.25, 0.3) is 0 Å². The first-order chi connectivity index (χ1) is 10.8. The Kier molecular flexibility index (Phi) is 7.19. The average Bonchev–Trinajstić information content (AvgIpc) is 3.07. The molecule has 5 heteroatoms. The number of nitrogens with zero attached hydrogens (tertiary/aromatic N) is 1. The number of ether oxygens (including phenoxy) is 2. The van der Waals surface area contributed by atoms with Gasteiger partial charge in [-0.25, -0.2) is 0 Å². The van der Waals surface area contributed by atoms with Crippen LogP contribution < -0.4 is 10.6 Å². The van der Waals surface area contributed by atoms with E-state index in [2.05, 4.69) is 34.7 Å². The summed E-state index contributed by atoms with van der Waals surface area (Å²) in [5.41, 5.74) is 1.14. The van der Waals surface area contributed by atoms with Gasteiger partial charge in [0.25, 0.3) is 0 Å². The van der Waals surface area contributed by atoms with E-state index in [1.54, 1.807) is 7.11 Å². The van der Waals surface area contributed by atoms with Gasteiger partial charge in [0, 0.05) is 26.8 Å². The first kappa shape index (κ1) is 16.8. The molecule has 0 radical (unpaired) electrons. The Morgan fingerprint density at radius 3 is 2.82 bits per heavy atom. The molecule has 2 unspecified atom stereocenters. The Morgan fingerprint density at radius 2 is 2.18 bits per heavy atom. The second-order valence-electron chi connectivity index (χ2n) is 5.37. The van der Waals surface area contributed by atoms with Gasteiger partial charge in [-0.1, -0.05) is 30.3 Å². The van der Waals surface area contributed by atoms with Crippen LogP contribution in [0.3, 0.4) is 0 Å². The number of nitrogens with one attached hydrogen (secondary N) is 2. The van der Waals surface area contributed by atoms with Crippen molar-refractivity contribution in [2.45, 2.75) is 32.0 Å². The zero-order valence-electron chi connectivity index (χ0n) is 13.5. The van der Waals surface area contributed by atoms with Crippen LogP contribution in [0.1, 0.15) is 31.4 Å². The molecule has 122 valence electrons. The second kappa shape index (κ2) is 9.43. The van der Waals surface area contributed by atoms with Crippen LogP contribution in [0.4, 0.5) is 0 Å². The molecular formula is C17H27N3O2. The van der Waals surface area contributed by atoms with Gasteiger partial charge in [-0.15, -0.1) is 0 Å². The molecule has 0 amide bonds. The number of methoxy groups -OCH3 is 1. The maximum atomic E-state index is 5.63. The molecule has 1 aliphatic rings. The molecule has 0 aromatic heterocycles. The summed E-state index contributed by atoms with van der Waals surface area (Å²) < 4.78 is 11.2. The molecule has 2 atom stereocenters. The van der Waals surface area contributed by atoms with Crippen molar-refractivity contribution in [3.8, 4) is 0 Å². The Hall–Kier alpha value is -1.59. The van der Waals surface area contributed by atoms with E-state index >= 15 is 0 Å². The third-order valence-electron chi connectivity index (χ3n) is 3.74. The average molecular weight is 305 g/mol. The van der Waals surface area contributed by atoms with Gasteiger partial charge in [0.05, 0.1) is 12.6 Å². The molecule has 1 fully saturated rings. The van der Waals surface area contributed by atoms with Crippen molar-refractivity contribution in [1.82, 2.24) is 10.6 Å². The van der Waals surface area contributed by atoms with Gasteiger partial charge in [-0.3, -0.25) is 4.99 Å². The van der Waals surface area contributed by atoms with Crippen molar-refractivity contribution >= 4 is 5.96 Å². The predicted molar refractivity (Wildman–Crippen MR) is 89.1 cm³/mol. The number of benzene rings is 1. The summed E-state index contributed by atoms with van der Waals surface area (Å²) in [6.07, 6.45) is 2.55. The SMILES string of the molecule is CCNC(=NCC(OC)c1ccccc1)NCC1CCCO1. The fraction of sp³-hybridized carbons (Fsp3) is 0.588. The van der Waals surface area contributed by atoms with Crippen molar-refractivity contribution in [3.63, 3.8) is 0 Å². The minimum Gasteiger partial charge on any atom is -0.376 e. The lowest BCUT2D eigenvalue weighted by molar-refractivity contribution is 0.110. The third-order valence-corrected chi connectivity index (χ3v) is 3.74. The fourth-order valence-corrected chi connectivity index (χ4v) is 2.52. The highest BCUT2D eigenvalue weighted by atomic mass is 16.5. The molecule has 1 heterocycles. The Labute approximate surface area is 133 Å². The highest BCUT2D eigenvalue weighted by Crippen LogP contribution is 2.16. The summed E-state index contributed by atoms with van der Waals surface area (Å²) in [6.45, 7) is 5.16. The number of aliphatic imine (C=N–C) groups is 1. The van der Waals surface area contributed by atoms with Crippen LogP contribution in [0.5, 0.6) is 0 Å². The smallest absolute Gasteiger partial charge is 0.191 e. The van der Waals surface area contributed by atoms with E-state index in [0.29, 0.717) is 12.6 Å². The maximum absolute atomic E-state index is 5.63. The summed E-state index contributed by atoms with van der Waals surface area (Å²) >= 11 is 0. The molecule has 2 rings (SSSR count). The maximum Gasteiger partial charge on any atom is 0.191 e. The van der Waals surface area contributed by atoms with E-state index in [1.807, 2.05) is 18.2 Å². The zero-order chi connectivity index (χ0) is 15.6. The summed E-state index contributed by atoms with van der Waals surface area (Å²) in [6, 6.07) is 10.2. The van der Waals surface area contributed by atoms with Crippen LogP contribution in [-0.2, 0) is 9.47 Å². The molecule has 1 aliphatic heterocycles. The standard InChI is InChI=1S/C17H27N3O2/c1-3-18-17(19-12-15-10-7-11-22-15)20-13-16(21-2)14-8-5-4-6-9-14/h4-6,8-9,15-16H,3,7,10-13H2,1-2H3,(H2,18,19,20). The summed E-state index contributed by atoms with van der Waals surface area (Å²) in [5, 5.41) is 6.62. The Morgan fingerprint density at radius 1 is 1.36 bits per heavy atom. The van der Waals surface area contributed by atoms with Crippen LogP contribution in [0, 0.1) is 0 Å². The molecule has 1 aromatic rings. The fourth-order valence-electron chi connectivity index (χ4n) is 2.52. The van der Waals surface area contributed by atoms with Crippen molar-refractivity contribution in [2.24, 2.45) is 4.99 Å². The lowest BCUT2D eigenvalue weighted by atomic mass is 10.1. The highest BCUT2D eigenvalue weighted by Gasteiger charge is 2.16. The van der Waals surface area contributed by atoms with E-state index in [-0.39, 0.29) is 6.10 Å². The van der Waals surface area contributed by atoms with Gasteiger partial charge in [0.2, 0.25) is 0 Å². The van der Waals surface area contributed by atoms with Crippen molar-refractivity contribution in [1.29, 1.82) is 0 Å². The first-order valence-corrected chi connectivity index (χ1v) is 8.05. The number of guanidine groups is 1. The zero-order valence-corrected chi connectivity index (χ0v) is 13.5. The predicted octanol–water partition coefficient (Wildman–Crippen LogP) is 2.11. The van der Waals surface area contributed by atoms with Gasteiger partial charge in [0.15, 0.2) is 5.96 Å². The van der Waals surface area contributed by atoms with Gasteiger partial charge in [0.1, 0.15) is 6.10 Å². The van der Waals surface area contributed by atoms with E-state index in [1.165, 1.54) is 0 Å². The number of hydrogen-bond donors (Lipinski definition) is 2. The monoisotopic (exact) mass is 305 g/mol. The first-order valence-electron chi connectivity index (χ1n) is 8.05. The van der Waals surface area contributed by atoms with Gasteiger partial charge >= 0.3 is 0 Å². The van der Waals surface area contributed by atoms with E-state index < -0.39 is 0 Å². The topological polar surface area (TPSA) is 54.9 Å². The summed E-state index contributed by atoms with van der Waals surface area (Å²) in [7, 11) is 1.72. The molecule has 0 bridgehead atoms. The van der Waals surface area contributed by atoms with Crippen molar-refractivity contribution < 1.29 is 9.47 Å². The van der Waals surface area contributed by atoms with E-state index in [4.69, 9.17) is 9.47 Å². The molecule has 0 saturated carbocycles. The minimum atomic E-state index is -0.0283. The minimum absolute atomic E-state index is 0.0283. The van der Waals surface area contributed by atoms with Crippen molar-refractivity contribution in [2.75, 3.05) is 33.4 Å². The second-order valence-corrected chi connectivity index (χ2v) is 5.37. The van der Waals surface area contributed by atoms with Crippen LogP contribution in [-0.4, -0.2) is 45.4 Å². The molecule has 2 N–H and O–H groups in total. The van der Waals surface area contributed by atoms with Gasteiger partial charge in [-0.05, 0) is 25.3 Å². The number of hydrogen-bond acceptors (Lipinski definition) is 3. The summed E-state index contributed by atoms with van der Waals surface area (Å²) in [4.78, 5) is 4.64. The molecule has 1 saturated heterocycles. The quantitative estimate of drug-likeness (QED) is 0.598. The molecule has 0 spiro atoms. The van der Waals surface area contributed by atoms with E-state index in [0.717, 1.165) is 44.1 Å². The molecule has 0 aliphatic carbocycles. The van der Waals surface area contributed by atoms with Gasteiger partial charge in [-0.2, -0.15) is 0 Å². The highest BCUT2D eigenvalue weighted by molar-refractivity contribution is 5.79.